The van der Waals surface area contributed by atoms with Crippen LogP contribution in [0.1, 0.15) is 59.8 Å². The molecule has 6 rings (SSSR count). The van der Waals surface area contributed by atoms with Gasteiger partial charge in [0.2, 0.25) is 0 Å². The van der Waals surface area contributed by atoms with Gasteiger partial charge in [0.15, 0.2) is 0 Å². The van der Waals surface area contributed by atoms with Gasteiger partial charge in [-0.1, -0.05) is 23.7 Å². The van der Waals surface area contributed by atoms with Crippen molar-refractivity contribution >= 4 is 33.2 Å². The molecule has 1 N–H and O–H groups in total. The summed E-state index contributed by atoms with van der Waals surface area (Å²) in [6.07, 6.45) is 3.83. The Bertz CT molecular complexity index is 1090. The Kier molecular flexibility index (Phi) is 4.83. The van der Waals surface area contributed by atoms with E-state index in [0.29, 0.717) is 17.9 Å². The van der Waals surface area contributed by atoms with Gasteiger partial charge in [-0.15, -0.1) is 11.3 Å². The van der Waals surface area contributed by atoms with Gasteiger partial charge in [-0.25, -0.2) is 9.97 Å². The van der Waals surface area contributed by atoms with E-state index in [1.165, 1.54) is 35.0 Å². The first-order chi connectivity index (χ1) is 14.7. The third-order valence-electron chi connectivity index (χ3n) is 6.99. The van der Waals surface area contributed by atoms with Gasteiger partial charge in [0.05, 0.1) is 5.69 Å². The number of rotatable bonds is 5. The maximum Gasteiger partial charge on any atom is 0.127 e. The molecule has 2 aliphatic carbocycles. The van der Waals surface area contributed by atoms with Crippen molar-refractivity contribution in [3.8, 4) is 0 Å². The van der Waals surface area contributed by atoms with Crippen molar-refractivity contribution in [2.24, 2.45) is 5.92 Å². The Morgan fingerprint density at radius 2 is 1.97 bits per heavy atom. The van der Waals surface area contributed by atoms with E-state index < -0.39 is 0 Å². The van der Waals surface area contributed by atoms with E-state index in [2.05, 4.69) is 44.8 Å². The van der Waals surface area contributed by atoms with Gasteiger partial charge < -0.3 is 5.32 Å². The van der Waals surface area contributed by atoms with Crippen LogP contribution >= 0.6 is 22.9 Å². The van der Waals surface area contributed by atoms with E-state index in [-0.39, 0.29) is 0 Å². The molecule has 1 aliphatic heterocycles. The number of nitrogens with zero attached hydrogens (tertiary/aromatic N) is 3. The van der Waals surface area contributed by atoms with Crippen LogP contribution in [0.2, 0.25) is 5.02 Å². The van der Waals surface area contributed by atoms with E-state index in [4.69, 9.17) is 16.6 Å². The Labute approximate surface area is 186 Å². The number of fused-ring (bicyclic) bond motifs is 1. The first-order valence-corrected chi connectivity index (χ1v) is 12.4. The quantitative estimate of drug-likeness (QED) is 0.588. The Morgan fingerprint density at radius 3 is 2.73 bits per heavy atom. The molecule has 2 aromatic heterocycles. The largest absolute Gasteiger partial charge is 0.314 e. The third kappa shape index (κ3) is 3.46. The van der Waals surface area contributed by atoms with Crippen LogP contribution in [0.5, 0.6) is 0 Å². The van der Waals surface area contributed by atoms with Crippen molar-refractivity contribution in [2.75, 3.05) is 26.2 Å². The van der Waals surface area contributed by atoms with Crippen LogP contribution in [-0.4, -0.2) is 41.0 Å². The molecule has 2 saturated carbocycles. The van der Waals surface area contributed by atoms with Crippen LogP contribution in [0.4, 0.5) is 0 Å². The second kappa shape index (κ2) is 7.56. The van der Waals surface area contributed by atoms with Crippen molar-refractivity contribution in [1.82, 2.24) is 20.2 Å². The zero-order chi connectivity index (χ0) is 20.2. The molecular formula is C24H27ClN4S. The smallest absolute Gasteiger partial charge is 0.127 e. The molecule has 0 bridgehead atoms. The van der Waals surface area contributed by atoms with Gasteiger partial charge in [0, 0.05) is 48.5 Å². The lowest BCUT2D eigenvalue weighted by Gasteiger charge is -2.35. The molecule has 0 amide bonds. The molecule has 156 valence electrons. The normalized spacial score (nSPS) is 25.5. The average Bonchev–Trinajstić information content (AvgIpc) is 3.67. The summed E-state index contributed by atoms with van der Waals surface area (Å²) in [7, 11) is 0. The zero-order valence-electron chi connectivity index (χ0n) is 17.3. The number of hydrogen-bond acceptors (Lipinski definition) is 5. The van der Waals surface area contributed by atoms with Crippen molar-refractivity contribution in [1.29, 1.82) is 0 Å². The van der Waals surface area contributed by atoms with Gasteiger partial charge in [-0.3, -0.25) is 4.90 Å². The lowest BCUT2D eigenvalue weighted by atomic mass is 9.97. The summed E-state index contributed by atoms with van der Waals surface area (Å²) in [5, 5.41) is 7.76. The van der Waals surface area contributed by atoms with E-state index >= 15 is 0 Å². The fourth-order valence-electron chi connectivity index (χ4n) is 5.29. The summed E-state index contributed by atoms with van der Waals surface area (Å²) in [6, 6.07) is 9.63. The molecule has 6 heteroatoms. The predicted molar refractivity (Wildman–Crippen MR) is 124 cm³/mol. The number of nitrogens with one attached hydrogen (secondary N) is 1. The van der Waals surface area contributed by atoms with Crippen LogP contribution in [0.15, 0.2) is 29.6 Å². The molecule has 0 radical (unpaired) electrons. The second-order valence-electron chi connectivity index (χ2n) is 9.09. The van der Waals surface area contributed by atoms with Gasteiger partial charge in [-0.2, -0.15) is 0 Å². The Balaban J connectivity index is 1.27. The molecule has 1 saturated heterocycles. The number of thiophene rings is 1. The first-order valence-electron chi connectivity index (χ1n) is 11.1. The van der Waals surface area contributed by atoms with Crippen LogP contribution in [0.3, 0.4) is 0 Å². The Morgan fingerprint density at radius 1 is 1.13 bits per heavy atom. The van der Waals surface area contributed by atoms with E-state index in [1.54, 1.807) is 11.3 Å². The number of halogens is 1. The summed E-state index contributed by atoms with van der Waals surface area (Å²) in [5.74, 6) is 2.60. The molecule has 3 atom stereocenters. The van der Waals surface area contributed by atoms with Crippen molar-refractivity contribution in [2.45, 2.75) is 44.1 Å². The fourth-order valence-corrected chi connectivity index (χ4v) is 6.44. The van der Waals surface area contributed by atoms with Crippen LogP contribution < -0.4 is 5.32 Å². The molecule has 3 heterocycles. The molecule has 30 heavy (non-hydrogen) atoms. The molecule has 3 fully saturated rings. The van der Waals surface area contributed by atoms with Crippen molar-refractivity contribution in [3.05, 3.63) is 57.3 Å². The first kappa shape index (κ1) is 19.2. The van der Waals surface area contributed by atoms with Crippen LogP contribution in [0.25, 0.3) is 10.2 Å². The van der Waals surface area contributed by atoms with Gasteiger partial charge >= 0.3 is 0 Å². The van der Waals surface area contributed by atoms with Gasteiger partial charge in [0.25, 0.3) is 0 Å². The minimum absolute atomic E-state index is 0.458. The lowest BCUT2D eigenvalue weighted by Crippen LogP contribution is -2.45. The molecule has 3 aromatic rings. The summed E-state index contributed by atoms with van der Waals surface area (Å²) < 4.78 is 0. The zero-order valence-corrected chi connectivity index (χ0v) is 18.8. The highest BCUT2D eigenvalue weighted by Crippen LogP contribution is 2.57. The molecule has 3 aliphatic rings. The topological polar surface area (TPSA) is 41.1 Å². The number of hydrogen-bond donors (Lipinski definition) is 1. The molecule has 0 spiro atoms. The van der Waals surface area contributed by atoms with E-state index in [1.807, 2.05) is 6.92 Å². The standard InChI is InChI=1S/C24H27ClN4S/c1-14-27-22(18-6-11-30-24(18)28-14)20-13-19(20)17-5-4-16(12-21(17)25)23(15-2-3-15)29-9-7-26-8-10-29/h4-6,11-12,15,19-20,23,26H,2-3,7-10,13H2,1H3. The maximum absolute atomic E-state index is 6.89. The number of aromatic nitrogens is 2. The average molecular weight is 439 g/mol. The summed E-state index contributed by atoms with van der Waals surface area (Å²) in [5.41, 5.74) is 3.91. The molecule has 1 aromatic carbocycles. The summed E-state index contributed by atoms with van der Waals surface area (Å²) in [6.45, 7) is 6.45. The minimum atomic E-state index is 0.458. The fraction of sp³-hybridized carbons (Fsp3) is 0.500. The van der Waals surface area contributed by atoms with Crippen LogP contribution in [-0.2, 0) is 0 Å². The minimum Gasteiger partial charge on any atom is -0.314 e. The Hall–Kier alpha value is -1.53. The van der Waals surface area contributed by atoms with Gasteiger partial charge in [0.1, 0.15) is 10.7 Å². The number of piperazine rings is 1. The molecular weight excluding hydrogens is 412 g/mol. The highest BCUT2D eigenvalue weighted by molar-refractivity contribution is 7.16. The maximum atomic E-state index is 6.89. The number of benzene rings is 1. The highest BCUT2D eigenvalue weighted by atomic mass is 35.5. The van der Waals surface area contributed by atoms with Crippen LogP contribution in [0, 0.1) is 12.8 Å². The molecule has 3 unspecified atom stereocenters. The summed E-state index contributed by atoms with van der Waals surface area (Å²) >= 11 is 8.59. The van der Waals surface area contributed by atoms with E-state index in [9.17, 15) is 0 Å². The van der Waals surface area contributed by atoms with Gasteiger partial charge in [-0.05, 0) is 66.7 Å². The predicted octanol–water partition coefficient (Wildman–Crippen LogP) is 5.28. The lowest BCUT2D eigenvalue weighted by molar-refractivity contribution is 0.156. The SMILES string of the molecule is Cc1nc(C2CC2c2ccc(C(C3CC3)N3CCNCC3)cc2Cl)c2ccsc2n1. The third-order valence-corrected chi connectivity index (χ3v) is 8.12. The van der Waals surface area contributed by atoms with Crippen molar-refractivity contribution in [3.63, 3.8) is 0 Å². The molecule has 4 nitrogen and oxygen atoms in total. The summed E-state index contributed by atoms with van der Waals surface area (Å²) in [4.78, 5) is 13.2. The number of aryl methyl sites for hydroxylation is 1. The highest BCUT2D eigenvalue weighted by Gasteiger charge is 2.43. The second-order valence-corrected chi connectivity index (χ2v) is 10.4. The van der Waals surface area contributed by atoms with E-state index in [0.717, 1.165) is 54.2 Å². The van der Waals surface area contributed by atoms with Crippen molar-refractivity contribution < 1.29 is 0 Å². The monoisotopic (exact) mass is 438 g/mol.